The van der Waals surface area contributed by atoms with Crippen molar-refractivity contribution in [3.05, 3.63) is 89.2 Å². The largest absolute Gasteiger partial charge is 0.284 e. The van der Waals surface area contributed by atoms with Gasteiger partial charge in [0.2, 0.25) is 5.91 Å². The molecule has 1 amide bonds. The van der Waals surface area contributed by atoms with E-state index < -0.39 is 0 Å². The van der Waals surface area contributed by atoms with Crippen LogP contribution in [0, 0.1) is 5.82 Å². The summed E-state index contributed by atoms with van der Waals surface area (Å²) < 4.78 is 14.9. The molecule has 7 heteroatoms. The Bertz CT molecular complexity index is 1170. The number of carbonyl (C=O) groups is 1. The van der Waals surface area contributed by atoms with Crippen LogP contribution in [-0.2, 0) is 11.3 Å². The van der Waals surface area contributed by atoms with Crippen LogP contribution >= 0.6 is 34.7 Å². The van der Waals surface area contributed by atoms with Crippen molar-refractivity contribution >= 4 is 56.0 Å². The Balaban J connectivity index is 1.47. The maximum atomic E-state index is 14.2. The molecule has 1 aromatic heterocycles. The quantitative estimate of drug-likeness (QED) is 0.202. The molecule has 1 heterocycles. The van der Waals surface area contributed by atoms with E-state index in [0.717, 1.165) is 27.3 Å². The van der Waals surface area contributed by atoms with Crippen molar-refractivity contribution in [3.63, 3.8) is 0 Å². The molecule has 0 aliphatic carbocycles. The number of para-hydroxylation sites is 1. The minimum Gasteiger partial charge on any atom is -0.284 e. The summed E-state index contributed by atoms with van der Waals surface area (Å²) in [5, 5.41) is 1.24. The summed E-state index contributed by atoms with van der Waals surface area (Å²) >= 11 is 8.96. The third kappa shape index (κ3) is 5.64. The summed E-state index contributed by atoms with van der Waals surface area (Å²) in [5.74, 6) is 0.438. The molecule has 0 unspecified atom stereocenters. The van der Waals surface area contributed by atoms with Crippen LogP contribution in [0.25, 0.3) is 10.2 Å². The van der Waals surface area contributed by atoms with Crippen molar-refractivity contribution in [1.29, 1.82) is 0 Å². The Morgan fingerprint density at radius 3 is 2.55 bits per heavy atom. The van der Waals surface area contributed by atoms with Gasteiger partial charge in [-0.3, -0.25) is 9.69 Å². The fourth-order valence-corrected chi connectivity index (χ4v) is 5.10. The number of thioether (sulfide) groups is 1. The first-order valence-corrected chi connectivity index (χ1v) is 12.1. The van der Waals surface area contributed by atoms with E-state index in [-0.39, 0.29) is 11.7 Å². The van der Waals surface area contributed by atoms with Crippen molar-refractivity contribution < 1.29 is 9.18 Å². The lowest BCUT2D eigenvalue weighted by Gasteiger charge is -2.20. The van der Waals surface area contributed by atoms with Gasteiger partial charge in [0.05, 0.1) is 11.2 Å². The van der Waals surface area contributed by atoms with Crippen molar-refractivity contribution in [2.45, 2.75) is 24.3 Å². The van der Waals surface area contributed by atoms with E-state index in [2.05, 4.69) is 4.98 Å². The number of amides is 1. The molecule has 4 aromatic rings. The van der Waals surface area contributed by atoms with Gasteiger partial charge in [-0.05, 0) is 54.1 Å². The molecular formula is C24H20ClFN2OS2. The summed E-state index contributed by atoms with van der Waals surface area (Å²) in [5.41, 5.74) is 1.32. The zero-order valence-electron chi connectivity index (χ0n) is 16.6. The molecule has 0 atom stereocenters. The third-order valence-corrected chi connectivity index (χ3v) is 7.09. The van der Waals surface area contributed by atoms with Crippen LogP contribution in [0.5, 0.6) is 0 Å². The summed E-state index contributed by atoms with van der Waals surface area (Å²) in [6, 6.07) is 22.3. The second-order valence-electron chi connectivity index (χ2n) is 6.95. The molecule has 158 valence electrons. The number of aromatic nitrogens is 1. The lowest BCUT2D eigenvalue weighted by molar-refractivity contribution is -0.118. The number of halogens is 2. The Morgan fingerprint density at radius 1 is 1.03 bits per heavy atom. The molecule has 4 rings (SSSR count). The molecule has 0 N–H and O–H groups in total. The Kier molecular flexibility index (Phi) is 7.22. The highest BCUT2D eigenvalue weighted by molar-refractivity contribution is 7.99. The molecule has 31 heavy (non-hydrogen) atoms. The Morgan fingerprint density at radius 2 is 1.81 bits per heavy atom. The zero-order valence-corrected chi connectivity index (χ0v) is 19.0. The average molecular weight is 471 g/mol. The van der Waals surface area contributed by atoms with E-state index >= 15 is 0 Å². The van der Waals surface area contributed by atoms with Crippen LogP contribution in [0.15, 0.2) is 77.7 Å². The molecule has 0 radical (unpaired) electrons. The monoisotopic (exact) mass is 470 g/mol. The fraction of sp³-hybridized carbons (Fsp3) is 0.167. The number of thiazole rings is 1. The standard InChI is InChI=1S/C24H20ClFN2OS2/c25-18-11-13-19(14-12-18)30-15-5-10-22(29)28(16-17-6-2-1-3-7-17)24-27-23-20(26)8-4-9-21(23)31-24/h1-4,6-9,11-14H,5,10,15-16H2. The average Bonchev–Trinajstić information content (AvgIpc) is 3.22. The minimum atomic E-state index is -0.369. The van der Waals surface area contributed by atoms with Crippen molar-refractivity contribution in [2.75, 3.05) is 10.7 Å². The number of benzene rings is 3. The van der Waals surface area contributed by atoms with Gasteiger partial charge in [-0.25, -0.2) is 9.37 Å². The van der Waals surface area contributed by atoms with E-state index in [0.29, 0.717) is 28.6 Å². The molecule has 0 fully saturated rings. The van der Waals surface area contributed by atoms with Crippen LogP contribution in [0.1, 0.15) is 18.4 Å². The van der Waals surface area contributed by atoms with Crippen molar-refractivity contribution in [1.82, 2.24) is 4.98 Å². The molecular weight excluding hydrogens is 451 g/mol. The Hall–Kier alpha value is -2.41. The topological polar surface area (TPSA) is 33.2 Å². The van der Waals surface area contributed by atoms with Gasteiger partial charge in [-0.15, -0.1) is 11.8 Å². The smallest absolute Gasteiger partial charge is 0.229 e. The lowest BCUT2D eigenvalue weighted by Crippen LogP contribution is -2.30. The predicted molar refractivity (Wildman–Crippen MR) is 129 cm³/mol. The first-order chi connectivity index (χ1) is 15.1. The molecule has 0 aliphatic rings. The van der Waals surface area contributed by atoms with Gasteiger partial charge in [0.15, 0.2) is 5.13 Å². The van der Waals surface area contributed by atoms with Crippen LogP contribution < -0.4 is 4.90 Å². The summed E-state index contributed by atoms with van der Waals surface area (Å²) in [6.07, 6.45) is 1.13. The zero-order chi connectivity index (χ0) is 21.6. The molecule has 0 saturated carbocycles. The number of nitrogens with zero attached hydrogens (tertiary/aromatic N) is 2. The molecule has 0 aliphatic heterocycles. The maximum absolute atomic E-state index is 14.2. The van der Waals surface area contributed by atoms with Gasteiger partial charge in [0, 0.05) is 16.3 Å². The van der Waals surface area contributed by atoms with E-state index in [1.165, 1.54) is 17.4 Å². The second kappa shape index (κ2) is 10.3. The van der Waals surface area contributed by atoms with E-state index in [4.69, 9.17) is 11.6 Å². The van der Waals surface area contributed by atoms with Gasteiger partial charge in [-0.2, -0.15) is 0 Å². The highest BCUT2D eigenvalue weighted by Crippen LogP contribution is 2.32. The number of hydrogen-bond donors (Lipinski definition) is 0. The van der Waals surface area contributed by atoms with E-state index in [1.807, 2.05) is 60.7 Å². The van der Waals surface area contributed by atoms with Crippen LogP contribution in [-0.4, -0.2) is 16.6 Å². The van der Waals surface area contributed by atoms with Crippen molar-refractivity contribution in [2.24, 2.45) is 0 Å². The predicted octanol–water partition coefficient (Wildman–Crippen LogP) is 7.19. The van der Waals surface area contributed by atoms with Gasteiger partial charge >= 0.3 is 0 Å². The highest BCUT2D eigenvalue weighted by atomic mass is 35.5. The van der Waals surface area contributed by atoms with Gasteiger partial charge in [0.1, 0.15) is 11.3 Å². The molecule has 3 nitrogen and oxygen atoms in total. The number of fused-ring (bicyclic) bond motifs is 1. The Labute approximate surface area is 193 Å². The fourth-order valence-electron chi connectivity index (χ4n) is 3.13. The maximum Gasteiger partial charge on any atom is 0.229 e. The first-order valence-electron chi connectivity index (χ1n) is 9.88. The molecule has 0 spiro atoms. The van der Waals surface area contributed by atoms with Gasteiger partial charge < -0.3 is 0 Å². The third-order valence-electron chi connectivity index (χ3n) is 4.69. The minimum absolute atomic E-state index is 0.0139. The van der Waals surface area contributed by atoms with Crippen LogP contribution in [0.2, 0.25) is 5.02 Å². The summed E-state index contributed by atoms with van der Waals surface area (Å²) in [4.78, 5) is 20.4. The SMILES string of the molecule is O=C(CCCSc1ccc(Cl)cc1)N(Cc1ccccc1)c1nc2c(F)cccc2s1. The normalized spacial score (nSPS) is 11.0. The first kappa shape index (κ1) is 21.8. The van der Waals surface area contributed by atoms with Crippen LogP contribution in [0.4, 0.5) is 9.52 Å². The number of rotatable bonds is 8. The summed E-state index contributed by atoms with van der Waals surface area (Å²) in [6.45, 7) is 0.408. The molecule has 0 saturated heterocycles. The number of anilines is 1. The lowest BCUT2D eigenvalue weighted by atomic mass is 10.2. The molecule has 0 bridgehead atoms. The second-order valence-corrected chi connectivity index (χ2v) is 9.57. The van der Waals surface area contributed by atoms with E-state index in [9.17, 15) is 9.18 Å². The molecule has 3 aromatic carbocycles. The van der Waals surface area contributed by atoms with Gasteiger partial charge in [-0.1, -0.05) is 59.3 Å². The summed E-state index contributed by atoms with van der Waals surface area (Å²) in [7, 11) is 0. The van der Waals surface area contributed by atoms with Crippen molar-refractivity contribution in [3.8, 4) is 0 Å². The highest BCUT2D eigenvalue weighted by Gasteiger charge is 2.21. The van der Waals surface area contributed by atoms with E-state index in [1.54, 1.807) is 22.7 Å². The van der Waals surface area contributed by atoms with Crippen LogP contribution in [0.3, 0.4) is 0 Å². The number of carbonyl (C=O) groups excluding carboxylic acids is 1. The number of hydrogen-bond acceptors (Lipinski definition) is 4. The van der Waals surface area contributed by atoms with Gasteiger partial charge in [0.25, 0.3) is 0 Å².